The van der Waals surface area contributed by atoms with Gasteiger partial charge in [-0.15, -0.1) is 15.3 Å². The van der Waals surface area contributed by atoms with Gasteiger partial charge in [0.1, 0.15) is 23.4 Å². The summed E-state index contributed by atoms with van der Waals surface area (Å²) in [5.74, 6) is -0.472. The molecule has 0 amide bonds. The Morgan fingerprint density at radius 1 is 0.972 bits per heavy atom. The van der Waals surface area contributed by atoms with Crippen LogP contribution in [0.5, 0.6) is 0 Å². The van der Waals surface area contributed by atoms with Gasteiger partial charge in [0, 0.05) is 0 Å². The van der Waals surface area contributed by atoms with Crippen LogP contribution in [-0.4, -0.2) is 35.5 Å². The second-order valence-electron chi connectivity index (χ2n) is 10.1. The minimum Gasteiger partial charge on any atom is -0.385 e. The molecule has 0 saturated heterocycles. The molecule has 2 N–H and O–H groups in total. The standard InChI is InChI=1S/C27H28F2N6O/c1-6-16-15-13-20(22-17(28)9-7-10-18(22)29)32-33-23(15)27(5,26(16,3)4)21-12-8-11-19(30-21)25-31-24(14(2)36)34-35-25/h7-14,16,36H,6H2,1-5H3,(H,31,34,35)/t14-,16+,27+/m1/s1. The number of nitrogens with zero attached hydrogens (tertiary/aromatic N) is 5. The van der Waals surface area contributed by atoms with Gasteiger partial charge in [-0.05, 0) is 67.5 Å². The SMILES string of the molecule is CC[C@H]1c2cc(-c3c(F)cccc3F)nnc2[C@](C)(c2cccc(-c3nnc([C@@H](C)O)[nH]3)n2)C1(C)C. The maximum Gasteiger partial charge on any atom is 0.180 e. The Morgan fingerprint density at radius 2 is 1.67 bits per heavy atom. The fourth-order valence-corrected chi connectivity index (χ4v) is 5.57. The zero-order chi connectivity index (χ0) is 25.8. The normalized spacial score (nSPS) is 21.4. The lowest BCUT2D eigenvalue weighted by molar-refractivity contribution is 0.189. The summed E-state index contributed by atoms with van der Waals surface area (Å²) in [5, 5.41) is 26.8. The molecule has 3 atom stereocenters. The van der Waals surface area contributed by atoms with Gasteiger partial charge in [0.15, 0.2) is 11.6 Å². The van der Waals surface area contributed by atoms with Gasteiger partial charge < -0.3 is 10.1 Å². The number of fused-ring (bicyclic) bond motifs is 1. The fraction of sp³-hybridized carbons (Fsp3) is 0.370. The molecule has 0 unspecified atom stereocenters. The topological polar surface area (TPSA) is 100 Å². The number of H-pyrrole nitrogens is 1. The van der Waals surface area contributed by atoms with E-state index in [-0.39, 0.29) is 22.6 Å². The third kappa shape index (κ3) is 3.44. The van der Waals surface area contributed by atoms with Crippen molar-refractivity contribution in [2.75, 3.05) is 0 Å². The van der Waals surface area contributed by atoms with Crippen LogP contribution in [0, 0.1) is 17.0 Å². The molecule has 1 aliphatic carbocycles. The number of benzene rings is 1. The molecule has 0 radical (unpaired) electrons. The number of aromatic nitrogens is 6. The minimum atomic E-state index is -0.776. The average Bonchev–Trinajstić information content (AvgIpc) is 3.40. The van der Waals surface area contributed by atoms with Crippen LogP contribution in [0.1, 0.15) is 75.8 Å². The van der Waals surface area contributed by atoms with Crippen LogP contribution in [0.15, 0.2) is 42.5 Å². The zero-order valence-corrected chi connectivity index (χ0v) is 20.8. The molecule has 0 saturated carbocycles. The number of pyridine rings is 1. The van der Waals surface area contributed by atoms with Gasteiger partial charge in [-0.1, -0.05) is 32.9 Å². The highest BCUT2D eigenvalue weighted by molar-refractivity contribution is 5.63. The largest absolute Gasteiger partial charge is 0.385 e. The second-order valence-corrected chi connectivity index (χ2v) is 10.1. The van der Waals surface area contributed by atoms with E-state index < -0.39 is 23.2 Å². The molecule has 1 aromatic carbocycles. The summed E-state index contributed by atoms with van der Waals surface area (Å²) < 4.78 is 29.1. The van der Waals surface area contributed by atoms with E-state index in [1.807, 2.05) is 18.2 Å². The van der Waals surface area contributed by atoms with Gasteiger partial charge in [-0.2, -0.15) is 5.10 Å². The number of hydrogen-bond donors (Lipinski definition) is 2. The molecular formula is C27H28F2N6O. The van der Waals surface area contributed by atoms with Crippen molar-refractivity contribution >= 4 is 0 Å². The molecule has 5 rings (SSSR count). The van der Waals surface area contributed by atoms with Crippen molar-refractivity contribution in [1.82, 2.24) is 30.4 Å². The fourth-order valence-electron chi connectivity index (χ4n) is 5.57. The van der Waals surface area contributed by atoms with E-state index in [0.29, 0.717) is 17.3 Å². The Balaban J connectivity index is 1.67. The molecule has 1 aliphatic rings. The van der Waals surface area contributed by atoms with Crippen molar-refractivity contribution in [3.05, 3.63) is 76.9 Å². The quantitative estimate of drug-likeness (QED) is 0.383. The Hall–Kier alpha value is -3.59. The lowest BCUT2D eigenvalue weighted by Gasteiger charge is -2.41. The van der Waals surface area contributed by atoms with Crippen molar-refractivity contribution in [1.29, 1.82) is 0 Å². The maximum atomic E-state index is 14.5. The van der Waals surface area contributed by atoms with E-state index in [0.717, 1.165) is 23.4 Å². The molecular weight excluding hydrogens is 462 g/mol. The zero-order valence-electron chi connectivity index (χ0n) is 20.8. The van der Waals surface area contributed by atoms with Crippen LogP contribution in [0.3, 0.4) is 0 Å². The molecule has 36 heavy (non-hydrogen) atoms. The van der Waals surface area contributed by atoms with Gasteiger partial charge in [0.25, 0.3) is 0 Å². The molecule has 4 aromatic rings. The van der Waals surface area contributed by atoms with Crippen LogP contribution in [-0.2, 0) is 5.41 Å². The van der Waals surface area contributed by atoms with Crippen molar-refractivity contribution < 1.29 is 13.9 Å². The summed E-state index contributed by atoms with van der Waals surface area (Å²) in [6, 6.07) is 11.2. The molecule has 9 heteroatoms. The molecule has 7 nitrogen and oxygen atoms in total. The van der Waals surface area contributed by atoms with Gasteiger partial charge in [-0.25, -0.2) is 13.8 Å². The van der Waals surface area contributed by atoms with Crippen LogP contribution in [0.2, 0.25) is 0 Å². The first-order valence-electron chi connectivity index (χ1n) is 12.0. The summed E-state index contributed by atoms with van der Waals surface area (Å²) in [4.78, 5) is 7.96. The first-order valence-corrected chi connectivity index (χ1v) is 12.0. The van der Waals surface area contributed by atoms with E-state index in [4.69, 9.17) is 4.98 Å². The predicted molar refractivity (Wildman–Crippen MR) is 131 cm³/mol. The molecule has 3 heterocycles. The molecule has 0 bridgehead atoms. The van der Waals surface area contributed by atoms with Gasteiger partial charge >= 0.3 is 0 Å². The van der Waals surface area contributed by atoms with E-state index in [1.54, 1.807) is 13.0 Å². The van der Waals surface area contributed by atoms with Crippen LogP contribution >= 0.6 is 0 Å². The van der Waals surface area contributed by atoms with Crippen LogP contribution in [0.25, 0.3) is 22.8 Å². The number of nitrogens with one attached hydrogen (secondary N) is 1. The third-order valence-electron chi connectivity index (χ3n) is 7.86. The lowest BCUT2D eigenvalue weighted by Crippen LogP contribution is -2.40. The Labute approximate surface area is 208 Å². The smallest absolute Gasteiger partial charge is 0.180 e. The summed E-state index contributed by atoms with van der Waals surface area (Å²) in [5.41, 5.74) is 2.03. The summed E-state index contributed by atoms with van der Waals surface area (Å²) in [7, 11) is 0. The van der Waals surface area contributed by atoms with Crippen molar-refractivity contribution in [3.8, 4) is 22.8 Å². The maximum absolute atomic E-state index is 14.5. The highest BCUT2D eigenvalue weighted by Gasteiger charge is 2.57. The molecule has 0 spiro atoms. The van der Waals surface area contributed by atoms with E-state index >= 15 is 0 Å². The highest BCUT2D eigenvalue weighted by Crippen LogP contribution is 2.61. The van der Waals surface area contributed by atoms with Gasteiger partial charge in [-0.3, -0.25) is 0 Å². The number of aliphatic hydroxyl groups excluding tert-OH is 1. The number of hydrogen-bond acceptors (Lipinski definition) is 6. The number of aliphatic hydroxyl groups is 1. The summed E-state index contributed by atoms with van der Waals surface area (Å²) >= 11 is 0. The molecule has 0 aliphatic heterocycles. The first kappa shape index (κ1) is 24.1. The minimum absolute atomic E-state index is 0.0548. The van der Waals surface area contributed by atoms with Gasteiger partial charge in [0.05, 0.1) is 28.1 Å². The van der Waals surface area contributed by atoms with Crippen molar-refractivity contribution in [2.24, 2.45) is 5.41 Å². The van der Waals surface area contributed by atoms with E-state index in [1.165, 1.54) is 18.2 Å². The molecule has 186 valence electrons. The van der Waals surface area contributed by atoms with Crippen molar-refractivity contribution in [2.45, 2.75) is 58.5 Å². The predicted octanol–water partition coefficient (Wildman–Crippen LogP) is 5.49. The first-order chi connectivity index (χ1) is 17.1. The van der Waals surface area contributed by atoms with E-state index in [2.05, 4.69) is 53.1 Å². The monoisotopic (exact) mass is 490 g/mol. The van der Waals surface area contributed by atoms with Crippen LogP contribution < -0.4 is 0 Å². The third-order valence-corrected chi connectivity index (χ3v) is 7.86. The Bertz CT molecular complexity index is 1430. The van der Waals surface area contributed by atoms with Crippen LogP contribution in [0.4, 0.5) is 8.78 Å². The number of aromatic amines is 1. The summed E-state index contributed by atoms with van der Waals surface area (Å²) in [6.45, 7) is 10.1. The average molecular weight is 491 g/mol. The number of rotatable bonds is 5. The Kier molecular flexibility index (Phi) is 5.70. The van der Waals surface area contributed by atoms with Gasteiger partial charge in [0.2, 0.25) is 0 Å². The molecule has 3 aromatic heterocycles. The highest BCUT2D eigenvalue weighted by atomic mass is 19.1. The van der Waals surface area contributed by atoms with E-state index in [9.17, 15) is 13.9 Å². The Morgan fingerprint density at radius 3 is 2.31 bits per heavy atom. The number of halogens is 2. The van der Waals surface area contributed by atoms with Crippen molar-refractivity contribution in [3.63, 3.8) is 0 Å². The summed E-state index contributed by atoms with van der Waals surface area (Å²) in [6.07, 6.45) is 0.0293. The molecule has 0 fully saturated rings. The second kappa shape index (κ2) is 8.51. The lowest BCUT2D eigenvalue weighted by atomic mass is 9.62.